The highest BCUT2D eigenvalue weighted by atomic mass is 19.1. The smallest absolute Gasteiger partial charge is 0.255 e. The predicted octanol–water partition coefficient (Wildman–Crippen LogP) is 2.72. The number of nitrogens with zero attached hydrogens (tertiary/aromatic N) is 4. The fourth-order valence-electron chi connectivity index (χ4n) is 2.59. The van der Waals surface area contributed by atoms with Gasteiger partial charge in [-0.05, 0) is 32.9 Å². The van der Waals surface area contributed by atoms with E-state index in [1.807, 2.05) is 6.92 Å². The van der Waals surface area contributed by atoms with Crippen molar-refractivity contribution >= 4 is 5.91 Å². The van der Waals surface area contributed by atoms with Crippen LogP contribution in [0.5, 0.6) is 0 Å². The van der Waals surface area contributed by atoms with Crippen LogP contribution in [0.4, 0.5) is 4.39 Å². The largest absolute Gasteiger partial charge is 0.340 e. The number of hydrogen-bond acceptors (Lipinski definition) is 5. The molecule has 0 unspecified atom stereocenters. The number of aryl methyl sites for hydroxylation is 2. The van der Waals surface area contributed by atoms with Crippen molar-refractivity contribution in [1.29, 1.82) is 0 Å². The molecule has 25 heavy (non-hydrogen) atoms. The summed E-state index contributed by atoms with van der Waals surface area (Å²) in [7, 11) is 1.78. The summed E-state index contributed by atoms with van der Waals surface area (Å²) in [5.74, 6) is -0.134. The standard InChI is InChI=1S/C17H18FN5O2/c1-9-14(11(3)23(4)21-9)16(24)19-10(2)17-20-15(22-25-17)12-6-5-7-13(18)8-12/h5-8,10H,1-4H3,(H,19,24)/t10-/m0/s1. The van der Waals surface area contributed by atoms with Crippen LogP contribution in [0.15, 0.2) is 28.8 Å². The van der Waals surface area contributed by atoms with E-state index in [1.165, 1.54) is 12.1 Å². The van der Waals surface area contributed by atoms with Crippen LogP contribution in [0.2, 0.25) is 0 Å². The van der Waals surface area contributed by atoms with Crippen LogP contribution < -0.4 is 5.32 Å². The Bertz CT molecular complexity index is 931. The number of rotatable bonds is 4. The van der Waals surface area contributed by atoms with Gasteiger partial charge in [0.25, 0.3) is 5.91 Å². The molecule has 8 heteroatoms. The third-order valence-electron chi connectivity index (χ3n) is 3.98. The lowest BCUT2D eigenvalue weighted by molar-refractivity contribution is 0.0931. The minimum absolute atomic E-state index is 0.242. The molecule has 130 valence electrons. The fourth-order valence-corrected chi connectivity index (χ4v) is 2.59. The van der Waals surface area contributed by atoms with E-state index in [9.17, 15) is 9.18 Å². The number of benzene rings is 1. The molecule has 2 aromatic heterocycles. The van der Waals surface area contributed by atoms with E-state index in [0.29, 0.717) is 16.8 Å². The first-order valence-electron chi connectivity index (χ1n) is 7.77. The zero-order valence-corrected chi connectivity index (χ0v) is 14.4. The maximum absolute atomic E-state index is 13.3. The Kier molecular flexibility index (Phi) is 4.35. The van der Waals surface area contributed by atoms with Crippen molar-refractivity contribution in [2.45, 2.75) is 26.8 Å². The third kappa shape index (κ3) is 3.28. The van der Waals surface area contributed by atoms with Crippen molar-refractivity contribution in [1.82, 2.24) is 25.2 Å². The molecular formula is C17H18FN5O2. The highest BCUT2D eigenvalue weighted by Gasteiger charge is 2.22. The van der Waals surface area contributed by atoms with Crippen LogP contribution in [0, 0.1) is 19.7 Å². The molecule has 0 fully saturated rings. The highest BCUT2D eigenvalue weighted by molar-refractivity contribution is 5.96. The summed E-state index contributed by atoms with van der Waals surface area (Å²) in [6, 6.07) is 5.41. The summed E-state index contributed by atoms with van der Waals surface area (Å²) in [5.41, 5.74) is 2.45. The van der Waals surface area contributed by atoms with Gasteiger partial charge in [-0.1, -0.05) is 17.3 Å². The summed E-state index contributed by atoms with van der Waals surface area (Å²) < 4.78 is 20.2. The normalized spacial score (nSPS) is 12.2. The van der Waals surface area contributed by atoms with Crippen molar-refractivity contribution in [2.24, 2.45) is 7.05 Å². The van der Waals surface area contributed by atoms with Gasteiger partial charge in [0, 0.05) is 18.3 Å². The van der Waals surface area contributed by atoms with E-state index >= 15 is 0 Å². The van der Waals surface area contributed by atoms with Gasteiger partial charge in [-0.25, -0.2) is 4.39 Å². The minimum atomic E-state index is -0.499. The molecule has 3 rings (SSSR count). The lowest BCUT2D eigenvalue weighted by atomic mass is 10.1. The van der Waals surface area contributed by atoms with Gasteiger partial charge in [-0.15, -0.1) is 0 Å². The van der Waals surface area contributed by atoms with Crippen molar-refractivity contribution in [2.75, 3.05) is 0 Å². The molecule has 3 aromatic rings. The van der Waals surface area contributed by atoms with Gasteiger partial charge >= 0.3 is 0 Å². The number of hydrogen-bond donors (Lipinski definition) is 1. The van der Waals surface area contributed by atoms with Crippen LogP contribution in [0.1, 0.15) is 40.6 Å². The molecule has 0 spiro atoms. The van der Waals surface area contributed by atoms with E-state index in [1.54, 1.807) is 37.7 Å². The Morgan fingerprint density at radius 3 is 2.76 bits per heavy atom. The number of nitrogens with one attached hydrogen (secondary N) is 1. The van der Waals surface area contributed by atoms with Gasteiger partial charge in [0.15, 0.2) is 0 Å². The second-order valence-corrected chi connectivity index (χ2v) is 5.83. The number of carbonyl (C=O) groups is 1. The number of amides is 1. The Hall–Kier alpha value is -3.03. The highest BCUT2D eigenvalue weighted by Crippen LogP contribution is 2.20. The van der Waals surface area contributed by atoms with Gasteiger partial charge < -0.3 is 9.84 Å². The summed E-state index contributed by atoms with van der Waals surface area (Å²) in [4.78, 5) is 16.7. The van der Waals surface area contributed by atoms with E-state index < -0.39 is 6.04 Å². The van der Waals surface area contributed by atoms with Gasteiger partial charge in [-0.2, -0.15) is 10.1 Å². The Balaban J connectivity index is 1.78. The Labute approximate surface area is 143 Å². The summed E-state index contributed by atoms with van der Waals surface area (Å²) in [6.45, 7) is 5.34. The van der Waals surface area contributed by atoms with E-state index in [4.69, 9.17) is 4.52 Å². The number of aromatic nitrogens is 4. The lowest BCUT2D eigenvalue weighted by Gasteiger charge is -2.09. The first kappa shape index (κ1) is 16.8. The van der Waals surface area contributed by atoms with Crippen LogP contribution in [-0.4, -0.2) is 25.8 Å². The second kappa shape index (κ2) is 6.46. The van der Waals surface area contributed by atoms with Gasteiger partial charge in [0.1, 0.15) is 11.9 Å². The SMILES string of the molecule is Cc1nn(C)c(C)c1C(=O)N[C@@H](C)c1nc(-c2cccc(F)c2)no1. The van der Waals surface area contributed by atoms with Crippen LogP contribution >= 0.6 is 0 Å². The van der Waals surface area contributed by atoms with Crippen molar-refractivity contribution in [3.05, 3.63) is 52.9 Å². The van der Waals surface area contributed by atoms with Crippen molar-refractivity contribution in [3.8, 4) is 11.4 Å². The average Bonchev–Trinajstić information content (AvgIpc) is 3.13. The van der Waals surface area contributed by atoms with Gasteiger partial charge in [0.05, 0.1) is 11.3 Å². The molecule has 0 radical (unpaired) electrons. The Morgan fingerprint density at radius 2 is 2.12 bits per heavy atom. The monoisotopic (exact) mass is 343 g/mol. The fraction of sp³-hybridized carbons (Fsp3) is 0.294. The minimum Gasteiger partial charge on any atom is -0.340 e. The molecule has 0 aliphatic carbocycles. The topological polar surface area (TPSA) is 85.8 Å². The molecule has 1 atom stereocenters. The van der Waals surface area contributed by atoms with Gasteiger partial charge in [0.2, 0.25) is 11.7 Å². The van der Waals surface area contributed by atoms with Crippen molar-refractivity contribution in [3.63, 3.8) is 0 Å². The first-order chi connectivity index (χ1) is 11.9. The van der Waals surface area contributed by atoms with E-state index in [0.717, 1.165) is 5.69 Å². The lowest BCUT2D eigenvalue weighted by Crippen LogP contribution is -2.27. The molecule has 7 nitrogen and oxygen atoms in total. The summed E-state index contributed by atoms with van der Waals surface area (Å²) >= 11 is 0. The molecule has 0 saturated carbocycles. The Morgan fingerprint density at radius 1 is 1.36 bits per heavy atom. The number of carbonyl (C=O) groups excluding carboxylic acids is 1. The average molecular weight is 343 g/mol. The molecule has 0 saturated heterocycles. The zero-order valence-electron chi connectivity index (χ0n) is 14.4. The maximum atomic E-state index is 13.3. The molecule has 2 heterocycles. The molecule has 0 aliphatic heterocycles. The summed E-state index contributed by atoms with van der Waals surface area (Å²) in [6.07, 6.45) is 0. The maximum Gasteiger partial charge on any atom is 0.255 e. The molecule has 0 aliphatic rings. The molecule has 0 bridgehead atoms. The number of halogens is 1. The molecule has 1 N–H and O–H groups in total. The zero-order chi connectivity index (χ0) is 18.1. The molecular weight excluding hydrogens is 325 g/mol. The van der Waals surface area contributed by atoms with E-state index in [-0.39, 0.29) is 23.4 Å². The van der Waals surface area contributed by atoms with Crippen molar-refractivity contribution < 1.29 is 13.7 Å². The quantitative estimate of drug-likeness (QED) is 0.787. The van der Waals surface area contributed by atoms with Crippen LogP contribution in [0.3, 0.4) is 0 Å². The third-order valence-corrected chi connectivity index (χ3v) is 3.98. The first-order valence-corrected chi connectivity index (χ1v) is 7.77. The second-order valence-electron chi connectivity index (χ2n) is 5.83. The van der Waals surface area contributed by atoms with E-state index in [2.05, 4.69) is 20.6 Å². The molecule has 1 amide bonds. The van der Waals surface area contributed by atoms with Gasteiger partial charge in [-0.3, -0.25) is 9.48 Å². The predicted molar refractivity (Wildman–Crippen MR) is 88.3 cm³/mol. The molecule has 1 aromatic carbocycles. The van der Waals surface area contributed by atoms with Crippen LogP contribution in [0.25, 0.3) is 11.4 Å². The summed E-state index contributed by atoms with van der Waals surface area (Å²) in [5, 5.41) is 10.9. The van der Waals surface area contributed by atoms with Crippen LogP contribution in [-0.2, 0) is 7.05 Å².